The van der Waals surface area contributed by atoms with E-state index in [0.29, 0.717) is 11.2 Å². The molecule has 0 fully saturated rings. The SMILES string of the molecule is NC(=O)c1ccn(-c2ccc(N)c3ncccc23)n1. The minimum Gasteiger partial charge on any atom is -0.397 e. The molecule has 19 heavy (non-hydrogen) atoms. The molecule has 2 aromatic heterocycles. The first-order chi connectivity index (χ1) is 9.16. The van der Waals surface area contributed by atoms with E-state index in [1.54, 1.807) is 29.2 Å². The largest absolute Gasteiger partial charge is 0.397 e. The first-order valence-corrected chi connectivity index (χ1v) is 5.66. The van der Waals surface area contributed by atoms with Crippen LogP contribution in [0, 0.1) is 0 Å². The van der Waals surface area contributed by atoms with Gasteiger partial charge in [-0.05, 0) is 30.3 Å². The summed E-state index contributed by atoms with van der Waals surface area (Å²) < 4.78 is 1.59. The van der Waals surface area contributed by atoms with Crippen molar-refractivity contribution in [2.75, 3.05) is 5.73 Å². The molecule has 6 nitrogen and oxygen atoms in total. The maximum atomic E-state index is 11.1. The van der Waals surface area contributed by atoms with Gasteiger partial charge in [-0.3, -0.25) is 9.78 Å². The number of hydrogen-bond acceptors (Lipinski definition) is 4. The van der Waals surface area contributed by atoms with Gasteiger partial charge >= 0.3 is 0 Å². The third kappa shape index (κ3) is 1.79. The molecule has 0 aliphatic rings. The maximum absolute atomic E-state index is 11.1. The van der Waals surface area contributed by atoms with E-state index in [9.17, 15) is 4.79 Å². The Labute approximate surface area is 108 Å². The lowest BCUT2D eigenvalue weighted by molar-refractivity contribution is 0.0995. The average Bonchev–Trinajstić information content (AvgIpc) is 2.89. The van der Waals surface area contributed by atoms with Gasteiger partial charge in [-0.15, -0.1) is 0 Å². The number of nitrogens with two attached hydrogens (primary N) is 2. The van der Waals surface area contributed by atoms with E-state index < -0.39 is 5.91 Å². The van der Waals surface area contributed by atoms with Gasteiger partial charge in [0, 0.05) is 17.8 Å². The van der Waals surface area contributed by atoms with Crippen molar-refractivity contribution in [1.29, 1.82) is 0 Å². The molecule has 0 aliphatic heterocycles. The van der Waals surface area contributed by atoms with Crippen molar-refractivity contribution in [1.82, 2.24) is 14.8 Å². The summed E-state index contributed by atoms with van der Waals surface area (Å²) in [5, 5.41) is 5.00. The third-order valence-corrected chi connectivity index (χ3v) is 2.87. The second-order valence-corrected chi connectivity index (χ2v) is 4.08. The van der Waals surface area contributed by atoms with E-state index in [0.717, 1.165) is 11.1 Å². The van der Waals surface area contributed by atoms with E-state index in [-0.39, 0.29) is 5.69 Å². The highest BCUT2D eigenvalue weighted by Gasteiger charge is 2.10. The van der Waals surface area contributed by atoms with Crippen LogP contribution >= 0.6 is 0 Å². The molecule has 0 saturated heterocycles. The van der Waals surface area contributed by atoms with Crippen molar-refractivity contribution >= 4 is 22.5 Å². The zero-order valence-corrected chi connectivity index (χ0v) is 9.95. The predicted molar refractivity (Wildman–Crippen MR) is 71.8 cm³/mol. The number of primary amides is 1. The van der Waals surface area contributed by atoms with Crippen LogP contribution in [0.5, 0.6) is 0 Å². The van der Waals surface area contributed by atoms with Gasteiger partial charge in [0.2, 0.25) is 0 Å². The lowest BCUT2D eigenvalue weighted by atomic mass is 10.1. The molecule has 0 radical (unpaired) electrons. The van der Waals surface area contributed by atoms with E-state index >= 15 is 0 Å². The number of benzene rings is 1. The molecule has 0 spiro atoms. The number of nitrogen functional groups attached to an aromatic ring is 1. The molecular formula is C13H11N5O. The monoisotopic (exact) mass is 253 g/mol. The van der Waals surface area contributed by atoms with Crippen LogP contribution in [0.3, 0.4) is 0 Å². The van der Waals surface area contributed by atoms with Crippen LogP contribution < -0.4 is 11.5 Å². The standard InChI is InChI=1S/C13H11N5O/c14-9-3-4-11(8-2-1-6-16-12(8)9)18-7-5-10(17-18)13(15)19/h1-7H,14H2,(H2,15,19). The highest BCUT2D eigenvalue weighted by molar-refractivity contribution is 5.95. The maximum Gasteiger partial charge on any atom is 0.269 e. The fourth-order valence-corrected chi connectivity index (χ4v) is 1.97. The Bertz CT molecular complexity index is 778. The van der Waals surface area contributed by atoms with E-state index in [1.165, 1.54) is 0 Å². The highest BCUT2D eigenvalue weighted by atomic mass is 16.1. The second-order valence-electron chi connectivity index (χ2n) is 4.08. The van der Waals surface area contributed by atoms with Crippen LogP contribution in [0.1, 0.15) is 10.5 Å². The molecule has 2 heterocycles. The van der Waals surface area contributed by atoms with Gasteiger partial charge in [0.1, 0.15) is 5.69 Å². The topological polar surface area (TPSA) is 99.8 Å². The second kappa shape index (κ2) is 4.09. The summed E-state index contributed by atoms with van der Waals surface area (Å²) in [4.78, 5) is 15.3. The third-order valence-electron chi connectivity index (χ3n) is 2.87. The molecule has 0 unspecified atom stereocenters. The summed E-state index contributed by atoms with van der Waals surface area (Å²) in [7, 11) is 0. The number of aromatic nitrogens is 3. The van der Waals surface area contributed by atoms with Gasteiger partial charge < -0.3 is 11.5 Å². The summed E-state index contributed by atoms with van der Waals surface area (Å²) in [5.74, 6) is -0.559. The van der Waals surface area contributed by atoms with Crippen molar-refractivity contribution in [2.24, 2.45) is 5.73 Å². The number of nitrogens with zero attached hydrogens (tertiary/aromatic N) is 3. The minimum atomic E-state index is -0.559. The Morgan fingerprint density at radius 3 is 2.79 bits per heavy atom. The fraction of sp³-hybridized carbons (Fsp3) is 0. The van der Waals surface area contributed by atoms with Gasteiger partial charge in [0.05, 0.1) is 16.9 Å². The Morgan fingerprint density at radius 2 is 2.05 bits per heavy atom. The number of amides is 1. The number of hydrogen-bond donors (Lipinski definition) is 2. The van der Waals surface area contributed by atoms with Gasteiger partial charge in [0.15, 0.2) is 0 Å². The van der Waals surface area contributed by atoms with Crippen LogP contribution in [0.25, 0.3) is 16.6 Å². The molecule has 0 saturated carbocycles. The molecular weight excluding hydrogens is 242 g/mol. The molecule has 0 aliphatic carbocycles. The number of rotatable bonds is 2. The molecule has 6 heteroatoms. The van der Waals surface area contributed by atoms with Crippen molar-refractivity contribution in [3.8, 4) is 5.69 Å². The summed E-state index contributed by atoms with van der Waals surface area (Å²) in [6.45, 7) is 0. The molecule has 94 valence electrons. The van der Waals surface area contributed by atoms with Gasteiger partial charge in [-0.25, -0.2) is 4.68 Å². The Hall–Kier alpha value is -2.89. The summed E-state index contributed by atoms with van der Waals surface area (Å²) in [6, 6.07) is 8.89. The molecule has 4 N–H and O–H groups in total. The number of anilines is 1. The van der Waals surface area contributed by atoms with Crippen molar-refractivity contribution in [3.63, 3.8) is 0 Å². The lowest BCUT2D eigenvalue weighted by Crippen LogP contribution is -2.12. The van der Waals surface area contributed by atoms with Crippen LogP contribution in [0.2, 0.25) is 0 Å². The van der Waals surface area contributed by atoms with Crippen LogP contribution in [0.4, 0.5) is 5.69 Å². The number of carbonyl (C=O) groups excluding carboxylic acids is 1. The molecule has 1 aromatic carbocycles. The number of fused-ring (bicyclic) bond motifs is 1. The van der Waals surface area contributed by atoms with Gasteiger partial charge in [-0.1, -0.05) is 0 Å². The summed E-state index contributed by atoms with van der Waals surface area (Å²) in [5.41, 5.74) is 13.4. The Balaban J connectivity index is 2.24. The van der Waals surface area contributed by atoms with Crippen LogP contribution in [0.15, 0.2) is 42.7 Å². The zero-order chi connectivity index (χ0) is 13.4. The van der Waals surface area contributed by atoms with Gasteiger partial charge in [0.25, 0.3) is 5.91 Å². The molecule has 0 atom stereocenters. The quantitative estimate of drug-likeness (QED) is 0.668. The van der Waals surface area contributed by atoms with E-state index in [4.69, 9.17) is 11.5 Å². The fourth-order valence-electron chi connectivity index (χ4n) is 1.97. The number of carbonyl (C=O) groups is 1. The first kappa shape index (κ1) is 11.2. The predicted octanol–water partition coefficient (Wildman–Crippen LogP) is 1.10. The minimum absolute atomic E-state index is 0.217. The molecule has 3 aromatic rings. The smallest absolute Gasteiger partial charge is 0.269 e. The zero-order valence-electron chi connectivity index (χ0n) is 9.95. The van der Waals surface area contributed by atoms with Gasteiger partial charge in [-0.2, -0.15) is 5.10 Å². The van der Waals surface area contributed by atoms with Crippen LogP contribution in [-0.4, -0.2) is 20.7 Å². The van der Waals surface area contributed by atoms with Crippen molar-refractivity contribution < 1.29 is 4.79 Å². The lowest BCUT2D eigenvalue weighted by Gasteiger charge is -2.07. The highest BCUT2D eigenvalue weighted by Crippen LogP contribution is 2.24. The van der Waals surface area contributed by atoms with E-state index in [2.05, 4.69) is 10.1 Å². The molecule has 3 rings (SSSR count). The average molecular weight is 253 g/mol. The summed E-state index contributed by atoms with van der Waals surface area (Å²) >= 11 is 0. The number of pyridine rings is 1. The molecule has 1 amide bonds. The van der Waals surface area contributed by atoms with Crippen LogP contribution in [-0.2, 0) is 0 Å². The summed E-state index contributed by atoms with van der Waals surface area (Å²) in [6.07, 6.45) is 3.36. The van der Waals surface area contributed by atoms with E-state index in [1.807, 2.05) is 18.2 Å². The van der Waals surface area contributed by atoms with Crippen molar-refractivity contribution in [3.05, 3.63) is 48.4 Å². The van der Waals surface area contributed by atoms with Crippen molar-refractivity contribution in [2.45, 2.75) is 0 Å². The Morgan fingerprint density at radius 1 is 1.21 bits per heavy atom. The Kier molecular flexibility index (Phi) is 2.42. The molecule has 0 bridgehead atoms. The normalized spacial score (nSPS) is 10.7. The first-order valence-electron chi connectivity index (χ1n) is 5.66.